The maximum atomic E-state index is 12.6. The molecule has 1 heterocycles. The number of rotatable bonds is 6. The molecule has 0 bridgehead atoms. The van der Waals surface area contributed by atoms with Gasteiger partial charge >= 0.3 is 24.3 Å². The number of anilines is 1. The molecule has 42 heavy (non-hydrogen) atoms. The van der Waals surface area contributed by atoms with Gasteiger partial charge in [0.2, 0.25) is 5.91 Å². The molecule has 0 spiro atoms. The number of aryl methyl sites for hydroxylation is 1. The van der Waals surface area contributed by atoms with E-state index in [1.165, 1.54) is 0 Å². The van der Waals surface area contributed by atoms with E-state index in [0.29, 0.717) is 17.8 Å². The summed E-state index contributed by atoms with van der Waals surface area (Å²) in [6, 6.07) is 16.0. The Kier molecular flexibility index (Phi) is 12.8. The number of nitrogens with two attached hydrogens (primary N) is 2. The van der Waals surface area contributed by atoms with Gasteiger partial charge in [0.05, 0.1) is 23.8 Å². The van der Waals surface area contributed by atoms with Gasteiger partial charge in [0.25, 0.3) is 5.91 Å². The van der Waals surface area contributed by atoms with Crippen LogP contribution in [0.1, 0.15) is 21.6 Å². The number of amides is 2. The molecule has 11 nitrogen and oxygen atoms in total. The molecular weight excluding hydrogens is 580 g/mol. The highest BCUT2D eigenvalue weighted by molar-refractivity contribution is 5.99. The first-order valence-corrected chi connectivity index (χ1v) is 11.5. The molecule has 228 valence electrons. The van der Waals surface area contributed by atoms with E-state index in [9.17, 15) is 35.9 Å². The molecule has 0 aliphatic rings. The first-order chi connectivity index (χ1) is 19.4. The quantitative estimate of drug-likeness (QED) is 0.229. The van der Waals surface area contributed by atoms with Gasteiger partial charge in [-0.2, -0.15) is 26.3 Å². The van der Waals surface area contributed by atoms with E-state index < -0.39 is 36.2 Å². The fourth-order valence-electron chi connectivity index (χ4n) is 2.76. The highest BCUT2D eigenvalue weighted by Crippen LogP contribution is 2.17. The minimum Gasteiger partial charge on any atom is -0.475 e. The summed E-state index contributed by atoms with van der Waals surface area (Å²) in [6.45, 7) is 2.18. The maximum Gasteiger partial charge on any atom is 0.490 e. The third-order valence-electron chi connectivity index (χ3n) is 4.91. The zero-order valence-electron chi connectivity index (χ0n) is 21.6. The predicted molar refractivity (Wildman–Crippen MR) is 137 cm³/mol. The second-order valence-corrected chi connectivity index (χ2v) is 8.14. The van der Waals surface area contributed by atoms with Crippen molar-refractivity contribution in [1.82, 2.24) is 10.3 Å². The van der Waals surface area contributed by atoms with Gasteiger partial charge in [0.15, 0.2) is 0 Å². The van der Waals surface area contributed by atoms with Gasteiger partial charge in [-0.05, 0) is 36.8 Å². The van der Waals surface area contributed by atoms with Crippen molar-refractivity contribution in [2.24, 2.45) is 11.5 Å². The number of benzene rings is 2. The van der Waals surface area contributed by atoms with Gasteiger partial charge in [-0.15, -0.1) is 0 Å². The van der Waals surface area contributed by atoms with Crippen molar-refractivity contribution in [2.75, 3.05) is 11.9 Å². The lowest BCUT2D eigenvalue weighted by Crippen LogP contribution is -2.41. The van der Waals surface area contributed by atoms with Crippen LogP contribution in [0.15, 0.2) is 54.6 Å². The van der Waals surface area contributed by atoms with E-state index in [-0.39, 0.29) is 12.5 Å². The smallest absolute Gasteiger partial charge is 0.475 e. The second-order valence-electron chi connectivity index (χ2n) is 8.14. The molecule has 0 saturated carbocycles. The zero-order chi connectivity index (χ0) is 32.3. The summed E-state index contributed by atoms with van der Waals surface area (Å²) in [4.78, 5) is 46.9. The average Bonchev–Trinajstić information content (AvgIpc) is 2.91. The molecule has 8 N–H and O–H groups in total. The summed E-state index contributed by atoms with van der Waals surface area (Å²) in [7, 11) is 0. The van der Waals surface area contributed by atoms with Gasteiger partial charge in [-0.25, -0.2) is 9.59 Å². The Balaban J connectivity index is 0.000000522. The van der Waals surface area contributed by atoms with Gasteiger partial charge in [-0.3, -0.25) is 14.6 Å². The number of carboxylic acids is 2. The molecule has 1 aromatic heterocycles. The number of carbonyl (C=O) groups is 4. The number of fused-ring (bicyclic) bond motifs is 1. The minimum atomic E-state index is -5.08. The number of carbonyl (C=O) groups excluding carboxylic acids is 2. The van der Waals surface area contributed by atoms with Crippen LogP contribution in [-0.4, -0.2) is 63.9 Å². The molecule has 1 atom stereocenters. The molecule has 0 aliphatic carbocycles. The van der Waals surface area contributed by atoms with Crippen LogP contribution >= 0.6 is 0 Å². The molecule has 0 radical (unpaired) electrons. The van der Waals surface area contributed by atoms with E-state index >= 15 is 0 Å². The van der Waals surface area contributed by atoms with Crippen molar-refractivity contribution in [1.29, 1.82) is 0 Å². The molecule has 0 aliphatic heterocycles. The molecule has 3 aromatic rings. The van der Waals surface area contributed by atoms with E-state index in [2.05, 4.69) is 15.6 Å². The predicted octanol–water partition coefficient (Wildman–Crippen LogP) is 2.96. The summed E-state index contributed by atoms with van der Waals surface area (Å²) in [5.41, 5.74) is 14.4. The van der Waals surface area contributed by atoms with Crippen molar-refractivity contribution in [3.8, 4) is 0 Å². The topological polar surface area (TPSA) is 198 Å². The molecule has 0 unspecified atom stereocenters. The van der Waals surface area contributed by atoms with E-state index in [4.69, 9.17) is 31.3 Å². The number of hydrogen-bond acceptors (Lipinski definition) is 7. The molecule has 2 amide bonds. The van der Waals surface area contributed by atoms with Crippen molar-refractivity contribution < 1.29 is 55.7 Å². The Hall–Kier alpha value is -4.77. The number of aromatic nitrogens is 1. The molecule has 2 aromatic carbocycles. The molecule has 0 saturated heterocycles. The van der Waals surface area contributed by atoms with Crippen LogP contribution < -0.4 is 22.1 Å². The second kappa shape index (κ2) is 15.3. The summed E-state index contributed by atoms with van der Waals surface area (Å²) in [5.74, 6) is -6.15. The maximum absolute atomic E-state index is 12.6. The third-order valence-corrected chi connectivity index (χ3v) is 4.91. The lowest BCUT2D eigenvalue weighted by molar-refractivity contribution is -0.193. The monoisotopic (exact) mass is 605 g/mol. The van der Waals surface area contributed by atoms with Crippen molar-refractivity contribution in [2.45, 2.75) is 31.9 Å². The Morgan fingerprint density at radius 1 is 0.905 bits per heavy atom. The number of halogens is 6. The van der Waals surface area contributed by atoms with Crippen LogP contribution in [-0.2, 0) is 20.9 Å². The summed E-state index contributed by atoms with van der Waals surface area (Å²) in [5, 5.41) is 20.8. The lowest BCUT2D eigenvalue weighted by atomic mass is 10.1. The van der Waals surface area contributed by atoms with Crippen LogP contribution in [0.5, 0.6) is 0 Å². The molecule has 0 fully saturated rings. The first kappa shape index (κ1) is 35.3. The van der Waals surface area contributed by atoms with Gasteiger partial charge < -0.3 is 32.3 Å². The van der Waals surface area contributed by atoms with E-state index in [1.54, 1.807) is 18.2 Å². The number of alkyl halides is 6. The molecule has 17 heteroatoms. The number of carboxylic acid groups (broad SMARTS) is 2. The molecular formula is C25H25F6N5O6. The fraction of sp³-hybridized carbons (Fsp3) is 0.240. The Bertz CT molecular complexity index is 1390. The summed E-state index contributed by atoms with van der Waals surface area (Å²) in [6.07, 6.45) is -10.2. The van der Waals surface area contributed by atoms with Crippen LogP contribution in [0.25, 0.3) is 10.9 Å². The van der Waals surface area contributed by atoms with Crippen molar-refractivity contribution in [3.63, 3.8) is 0 Å². The summed E-state index contributed by atoms with van der Waals surface area (Å²) >= 11 is 0. The number of pyridine rings is 1. The van der Waals surface area contributed by atoms with Crippen LogP contribution in [0.2, 0.25) is 0 Å². The van der Waals surface area contributed by atoms with Crippen molar-refractivity contribution >= 4 is 40.3 Å². The van der Waals surface area contributed by atoms with Crippen LogP contribution in [0, 0.1) is 6.92 Å². The standard InChI is InChI=1S/C21H23N5O2.2C2HF3O2/c1-13-6-8-15(26-21(28)18(23)11-22)10-17(13)20(27)24-12-16-9-7-14-4-2-3-5-19(14)25-16;2*3-2(4,5)1(6)7/h2-10,18H,11-12,22-23H2,1H3,(H,24,27)(H,26,28);2*(H,6,7)/t18-;;/m0../s1. The van der Waals surface area contributed by atoms with Crippen LogP contribution in [0.4, 0.5) is 32.0 Å². The van der Waals surface area contributed by atoms with Crippen molar-refractivity contribution in [3.05, 3.63) is 71.4 Å². The number of para-hydroxylation sites is 1. The summed E-state index contributed by atoms with van der Waals surface area (Å²) < 4.78 is 63.5. The number of nitrogens with zero attached hydrogens (tertiary/aromatic N) is 1. The fourth-order valence-corrected chi connectivity index (χ4v) is 2.76. The van der Waals surface area contributed by atoms with Crippen LogP contribution in [0.3, 0.4) is 0 Å². The number of nitrogens with one attached hydrogen (secondary N) is 2. The average molecular weight is 605 g/mol. The Labute approximate surface area is 233 Å². The van der Waals surface area contributed by atoms with Gasteiger partial charge in [-0.1, -0.05) is 30.3 Å². The largest absolute Gasteiger partial charge is 0.490 e. The first-order valence-electron chi connectivity index (χ1n) is 11.5. The zero-order valence-corrected chi connectivity index (χ0v) is 21.6. The van der Waals surface area contributed by atoms with E-state index in [1.807, 2.05) is 43.3 Å². The van der Waals surface area contributed by atoms with E-state index in [0.717, 1.165) is 22.2 Å². The SMILES string of the molecule is Cc1ccc(NC(=O)[C@@H](N)CN)cc1C(=O)NCc1ccc2ccccc2n1.O=C(O)C(F)(F)F.O=C(O)C(F)(F)F. The minimum absolute atomic E-state index is 0.0454. The van der Waals surface area contributed by atoms with Gasteiger partial charge in [0, 0.05) is 23.2 Å². The lowest BCUT2D eigenvalue weighted by Gasteiger charge is -2.13. The molecule has 3 rings (SSSR count). The highest BCUT2D eigenvalue weighted by atomic mass is 19.4. The number of hydrogen-bond donors (Lipinski definition) is 6. The highest BCUT2D eigenvalue weighted by Gasteiger charge is 2.38. The number of aliphatic carboxylic acids is 2. The normalized spacial score (nSPS) is 11.6. The van der Waals surface area contributed by atoms with Gasteiger partial charge in [0.1, 0.15) is 0 Å². The third kappa shape index (κ3) is 11.8. The Morgan fingerprint density at radius 2 is 1.45 bits per heavy atom. The Morgan fingerprint density at radius 3 is 1.98 bits per heavy atom.